The van der Waals surface area contributed by atoms with Crippen molar-refractivity contribution in [1.29, 1.82) is 0 Å². The third kappa shape index (κ3) is 45.1. The van der Waals surface area contributed by atoms with Gasteiger partial charge in [0.05, 0.1) is 38.6 Å². The Labute approximate surface area is 640 Å². The molecule has 19 nitrogen and oxygen atoms in total. The van der Waals surface area contributed by atoms with Gasteiger partial charge < -0.3 is 89.9 Å². The van der Waals surface area contributed by atoms with Crippen LogP contribution in [0, 0.1) is 0 Å². The van der Waals surface area contributed by atoms with Gasteiger partial charge in [-0.3, -0.25) is 4.79 Å². The molecule has 106 heavy (non-hydrogen) atoms. The van der Waals surface area contributed by atoms with E-state index in [0.717, 1.165) is 103 Å². The summed E-state index contributed by atoms with van der Waals surface area (Å²) in [5.74, 6) is -0.301. The molecular weight excluding hydrogens is 1350 g/mol. The van der Waals surface area contributed by atoms with Crippen LogP contribution in [-0.4, -0.2) is 193 Å². The molecule has 17 unspecified atom stereocenters. The summed E-state index contributed by atoms with van der Waals surface area (Å²) in [4.78, 5) is 13.5. The first-order chi connectivity index (χ1) is 51.8. The molecular formula is C87H151NO18. The number of amides is 1. The molecule has 3 heterocycles. The highest BCUT2D eigenvalue weighted by Gasteiger charge is 2.54. The maximum Gasteiger partial charge on any atom is 0.220 e. The highest BCUT2D eigenvalue weighted by atomic mass is 16.8. The largest absolute Gasteiger partial charge is 0.394 e. The van der Waals surface area contributed by atoms with Crippen molar-refractivity contribution in [2.24, 2.45) is 0 Å². The maximum atomic E-state index is 13.5. The average molecular weight is 1500 g/mol. The van der Waals surface area contributed by atoms with E-state index in [9.17, 15) is 61.0 Å². The van der Waals surface area contributed by atoms with Crippen molar-refractivity contribution in [1.82, 2.24) is 5.32 Å². The molecule has 3 saturated heterocycles. The molecule has 17 atom stereocenters. The molecule has 3 aliphatic rings. The van der Waals surface area contributed by atoms with Gasteiger partial charge in [-0.1, -0.05) is 322 Å². The molecule has 0 bridgehead atoms. The summed E-state index contributed by atoms with van der Waals surface area (Å²) in [7, 11) is 0. The van der Waals surface area contributed by atoms with Crippen LogP contribution in [0.3, 0.4) is 0 Å². The number of carbonyl (C=O) groups excluding carboxylic acids is 1. The van der Waals surface area contributed by atoms with Gasteiger partial charge in [-0.2, -0.15) is 0 Å². The molecule has 0 saturated carbocycles. The first-order valence-electron chi connectivity index (χ1n) is 42.1. The second-order valence-corrected chi connectivity index (χ2v) is 29.6. The maximum absolute atomic E-state index is 13.5. The number of ether oxygens (including phenoxy) is 6. The fraction of sp³-hybridized carbons (Fsp3) is 0.782. The molecule has 0 aromatic rings. The summed E-state index contributed by atoms with van der Waals surface area (Å²) in [6, 6.07) is -0.998. The van der Waals surface area contributed by atoms with E-state index in [2.05, 4.69) is 116 Å². The highest BCUT2D eigenvalue weighted by Crippen LogP contribution is 2.33. The number of hydrogen-bond acceptors (Lipinski definition) is 18. The first kappa shape index (κ1) is 96.6. The lowest BCUT2D eigenvalue weighted by atomic mass is 9.96. The molecule has 1 amide bonds. The Bertz CT molecular complexity index is 2340. The molecule has 0 aliphatic carbocycles. The predicted octanol–water partition coefficient (Wildman–Crippen LogP) is 14.9. The standard InChI is InChI=1S/C87H151NO18/c1-3-5-7-9-11-13-15-17-19-21-23-25-27-29-31-33-34-35-37-38-40-42-44-46-48-50-52-54-56-58-60-62-64-71(92)70(88-75(93)65-63-61-59-57-55-53-51-49-47-45-43-41-39-36-32-30-28-26-24-22-20-18-16-14-12-10-8-6-4-2)69-101-85-81(99)78(96)83(73(67-90)103-85)106-87-82(100)79(97)84(74(68-91)104-87)105-86-80(98)77(95)76(94)72(66-89)102-86/h6,8,12,14,18,20,24,26,30,32,39,41,45,47,51,53,62,64,70-74,76-87,89-92,94-100H,3-5,7,9-11,13,15-17,19,21-23,25,27-29,31,33-38,40,42-44,46,48-50,52,54-61,63,65-69H2,1-2H3,(H,88,93)/b8-6-,14-12-,20-18-,26-24-,32-30-,41-39-,47-45-,53-51-,64-62+. The topological polar surface area (TPSA) is 307 Å². The molecule has 19 heteroatoms. The average Bonchev–Trinajstić information content (AvgIpc) is 0.781. The number of aliphatic hydroxyl groups is 11. The second-order valence-electron chi connectivity index (χ2n) is 29.6. The van der Waals surface area contributed by atoms with Gasteiger partial charge in [-0.15, -0.1) is 0 Å². The van der Waals surface area contributed by atoms with Gasteiger partial charge in [0, 0.05) is 6.42 Å². The quantitative estimate of drug-likeness (QED) is 0.0199. The van der Waals surface area contributed by atoms with Crippen molar-refractivity contribution in [3.05, 3.63) is 109 Å². The van der Waals surface area contributed by atoms with Crippen molar-refractivity contribution in [2.75, 3.05) is 26.4 Å². The van der Waals surface area contributed by atoms with Crippen molar-refractivity contribution in [3.63, 3.8) is 0 Å². The normalized spacial score (nSPS) is 26.2. The number of rotatable bonds is 66. The van der Waals surface area contributed by atoms with E-state index in [-0.39, 0.29) is 18.9 Å². The van der Waals surface area contributed by atoms with E-state index in [1.165, 1.54) is 173 Å². The predicted molar refractivity (Wildman–Crippen MR) is 424 cm³/mol. The van der Waals surface area contributed by atoms with Crippen molar-refractivity contribution < 1.29 is 89.4 Å². The van der Waals surface area contributed by atoms with Gasteiger partial charge in [0.15, 0.2) is 18.9 Å². The molecule has 612 valence electrons. The van der Waals surface area contributed by atoms with Crippen LogP contribution in [-0.2, 0) is 33.2 Å². The van der Waals surface area contributed by atoms with Crippen LogP contribution in [0.15, 0.2) is 109 Å². The van der Waals surface area contributed by atoms with Crippen LogP contribution in [0.2, 0.25) is 0 Å². The highest BCUT2D eigenvalue weighted by molar-refractivity contribution is 5.76. The Balaban J connectivity index is 1.38. The molecule has 0 aromatic heterocycles. The zero-order chi connectivity index (χ0) is 76.7. The number of allylic oxidation sites excluding steroid dienone is 17. The van der Waals surface area contributed by atoms with E-state index < -0.39 is 124 Å². The Morgan fingerprint density at radius 3 is 1.02 bits per heavy atom. The number of aliphatic hydroxyl groups excluding tert-OH is 11. The molecule has 0 spiro atoms. The second kappa shape index (κ2) is 66.1. The lowest BCUT2D eigenvalue weighted by Crippen LogP contribution is -2.66. The zero-order valence-corrected chi connectivity index (χ0v) is 65.6. The Morgan fingerprint density at radius 1 is 0.349 bits per heavy atom. The number of nitrogens with one attached hydrogen (secondary N) is 1. The third-order valence-corrected chi connectivity index (χ3v) is 20.3. The number of carbonyl (C=O) groups is 1. The fourth-order valence-corrected chi connectivity index (χ4v) is 13.6. The smallest absolute Gasteiger partial charge is 0.220 e. The van der Waals surface area contributed by atoms with Crippen LogP contribution in [0.4, 0.5) is 0 Å². The van der Waals surface area contributed by atoms with Gasteiger partial charge in [0.25, 0.3) is 0 Å². The Hall–Kier alpha value is -3.55. The molecule has 0 radical (unpaired) electrons. The fourth-order valence-electron chi connectivity index (χ4n) is 13.6. The minimum atomic E-state index is -1.99. The van der Waals surface area contributed by atoms with E-state index in [1.807, 2.05) is 6.08 Å². The summed E-state index contributed by atoms with van der Waals surface area (Å²) in [6.07, 6.45) is 65.0. The minimum Gasteiger partial charge on any atom is -0.394 e. The molecule has 3 aliphatic heterocycles. The molecule has 3 fully saturated rings. The van der Waals surface area contributed by atoms with E-state index in [4.69, 9.17) is 28.4 Å². The zero-order valence-electron chi connectivity index (χ0n) is 65.6. The first-order valence-corrected chi connectivity index (χ1v) is 42.1. The van der Waals surface area contributed by atoms with Crippen LogP contribution in [0.25, 0.3) is 0 Å². The van der Waals surface area contributed by atoms with Gasteiger partial charge in [-0.05, 0) is 83.5 Å². The van der Waals surface area contributed by atoms with Crippen LogP contribution in [0.1, 0.15) is 303 Å². The lowest BCUT2D eigenvalue weighted by molar-refractivity contribution is -0.379. The van der Waals surface area contributed by atoms with Gasteiger partial charge in [0.1, 0.15) is 73.2 Å². The SMILES string of the molecule is CC/C=C\C/C=C\C/C=C\C/C=C\C/C=C\C/C=C\C/C=C\C/C=C\CCCCCCC(=O)NC(COC1OC(CO)C(OC2OC(CO)C(OC3OC(CO)C(O)C(O)C3O)C(O)C2O)C(O)C1O)C(O)/C=C/CCCCCCCCCCCCCCCCCCCCCCCCCCCCCCCC. The Morgan fingerprint density at radius 2 is 0.651 bits per heavy atom. The summed E-state index contributed by atoms with van der Waals surface area (Å²) in [5, 5.41) is 121. The van der Waals surface area contributed by atoms with Crippen molar-refractivity contribution in [3.8, 4) is 0 Å². The Kier molecular flexibility index (Phi) is 60.3. The monoisotopic (exact) mass is 1500 g/mol. The van der Waals surface area contributed by atoms with Crippen LogP contribution < -0.4 is 5.32 Å². The summed E-state index contributed by atoms with van der Waals surface area (Å²) >= 11 is 0. The summed E-state index contributed by atoms with van der Waals surface area (Å²) in [6.45, 7) is 1.63. The van der Waals surface area contributed by atoms with E-state index >= 15 is 0 Å². The molecule has 0 aromatic carbocycles. The van der Waals surface area contributed by atoms with Crippen molar-refractivity contribution in [2.45, 2.75) is 407 Å². The summed E-state index contributed by atoms with van der Waals surface area (Å²) in [5.41, 5.74) is 0. The molecule has 12 N–H and O–H groups in total. The number of hydrogen-bond donors (Lipinski definition) is 12. The van der Waals surface area contributed by atoms with E-state index in [1.54, 1.807) is 6.08 Å². The lowest BCUT2D eigenvalue weighted by Gasteiger charge is -2.48. The number of unbranched alkanes of at least 4 members (excludes halogenated alkanes) is 34. The third-order valence-electron chi connectivity index (χ3n) is 20.3. The van der Waals surface area contributed by atoms with E-state index in [0.29, 0.717) is 6.42 Å². The van der Waals surface area contributed by atoms with Crippen LogP contribution >= 0.6 is 0 Å². The van der Waals surface area contributed by atoms with Crippen LogP contribution in [0.5, 0.6) is 0 Å². The molecule has 3 rings (SSSR count). The minimum absolute atomic E-state index is 0.207. The van der Waals surface area contributed by atoms with Gasteiger partial charge in [0.2, 0.25) is 5.91 Å². The van der Waals surface area contributed by atoms with Crippen molar-refractivity contribution >= 4 is 5.91 Å². The van der Waals surface area contributed by atoms with Gasteiger partial charge >= 0.3 is 0 Å². The summed E-state index contributed by atoms with van der Waals surface area (Å²) < 4.78 is 34.5. The van der Waals surface area contributed by atoms with Gasteiger partial charge in [-0.25, -0.2) is 0 Å².